The van der Waals surface area contributed by atoms with Crippen LogP contribution >= 0.6 is 117 Å². The molecule has 2 aromatic rings. The van der Waals surface area contributed by atoms with Crippen LogP contribution in [0, 0.1) is 0 Å². The zero-order valence-electron chi connectivity index (χ0n) is 42.9. The second-order valence-electron chi connectivity index (χ2n) is 15.1. The van der Waals surface area contributed by atoms with Gasteiger partial charge in [-0.15, -0.1) is 0 Å². The molecule has 394 valence electrons. The van der Waals surface area contributed by atoms with E-state index in [-0.39, 0.29) is 33.9 Å². The van der Waals surface area contributed by atoms with Gasteiger partial charge in [-0.05, 0) is 124 Å². The summed E-state index contributed by atoms with van der Waals surface area (Å²) in [7, 11) is 0. The van der Waals surface area contributed by atoms with E-state index >= 15 is 0 Å². The van der Waals surface area contributed by atoms with E-state index < -0.39 is 6.09 Å². The number of thioether (sulfide) groups is 4. The van der Waals surface area contributed by atoms with E-state index in [1.807, 2.05) is 87.4 Å². The quantitative estimate of drug-likeness (QED) is 0.136. The molecule has 0 aromatic heterocycles. The lowest BCUT2D eigenvalue weighted by Gasteiger charge is -2.30. The van der Waals surface area contributed by atoms with Crippen LogP contribution in [0.4, 0.5) is 24.9 Å². The number of carbonyl (C=O) groups is 4. The number of nitrogens with zero attached hydrogens (tertiary/aromatic N) is 4. The number of benzene rings is 2. The first-order valence-corrected chi connectivity index (χ1v) is 29.3. The van der Waals surface area contributed by atoms with Gasteiger partial charge in [0.05, 0.1) is 6.10 Å². The van der Waals surface area contributed by atoms with E-state index in [0.29, 0.717) is 38.0 Å². The fraction of sp³-hybridized carbons (Fsp3) is 0.571. The van der Waals surface area contributed by atoms with Gasteiger partial charge in [0.1, 0.15) is 4.32 Å². The Morgan fingerprint density at radius 3 is 1.64 bits per heavy atom. The van der Waals surface area contributed by atoms with Crippen LogP contribution in [-0.4, -0.2) is 120 Å². The summed E-state index contributed by atoms with van der Waals surface area (Å²) in [5.41, 5.74) is 3.04. The molecule has 0 aliphatic carbocycles. The number of carbonyl (C=O) groups excluding carboxylic acids is 4. The van der Waals surface area contributed by atoms with E-state index in [1.54, 1.807) is 49.9 Å². The largest absolute Gasteiger partial charge is 0.447 e. The van der Waals surface area contributed by atoms with Crippen molar-refractivity contribution >= 4 is 149 Å². The van der Waals surface area contributed by atoms with Crippen LogP contribution in [0.15, 0.2) is 70.7 Å². The van der Waals surface area contributed by atoms with E-state index in [4.69, 9.17) is 75.0 Å². The summed E-state index contributed by atoms with van der Waals surface area (Å²) in [6.07, 6.45) is 1.50. The monoisotopic (exact) mass is 1150 g/mol. The number of halogens is 5. The minimum atomic E-state index is -0.470. The van der Waals surface area contributed by atoms with Crippen LogP contribution in [0.1, 0.15) is 108 Å². The Bertz CT molecular complexity index is 1760. The van der Waals surface area contributed by atoms with Crippen molar-refractivity contribution in [2.75, 3.05) is 61.8 Å². The molecule has 0 aliphatic heterocycles. The molecular formula is C49H78Cl5N5O5S5. The lowest BCUT2D eigenvalue weighted by molar-refractivity contribution is 0.130. The van der Waals surface area contributed by atoms with Crippen molar-refractivity contribution in [3.63, 3.8) is 0 Å². The van der Waals surface area contributed by atoms with Crippen molar-refractivity contribution in [2.45, 2.75) is 127 Å². The molecule has 4 amide bonds. The molecular weight excluding hydrogens is 1080 g/mol. The molecule has 0 saturated carbocycles. The zero-order valence-corrected chi connectivity index (χ0v) is 50.7. The van der Waals surface area contributed by atoms with Gasteiger partial charge in [0.2, 0.25) is 0 Å². The van der Waals surface area contributed by atoms with Crippen LogP contribution in [0.2, 0.25) is 10.0 Å². The lowest BCUT2D eigenvalue weighted by atomic mass is 10.2. The van der Waals surface area contributed by atoms with Gasteiger partial charge in [0, 0.05) is 99.9 Å². The minimum absolute atomic E-state index is 0.0386. The molecule has 2 aromatic carbocycles. The fourth-order valence-corrected chi connectivity index (χ4v) is 9.66. The Labute approximate surface area is 463 Å². The van der Waals surface area contributed by atoms with Crippen LogP contribution in [0.3, 0.4) is 0 Å². The molecule has 0 fully saturated rings. The molecule has 69 heavy (non-hydrogen) atoms. The number of rotatable bonds is 19. The molecule has 0 saturated heterocycles. The van der Waals surface area contributed by atoms with Gasteiger partial charge in [-0.25, -0.2) is 4.79 Å². The van der Waals surface area contributed by atoms with Crippen LogP contribution < -0.4 is 5.32 Å². The molecule has 0 heterocycles. The third-order valence-corrected chi connectivity index (χ3v) is 14.2. The number of hydrogen-bond acceptors (Lipinski definition) is 10. The SMILES string of the molecule is C=C(Cl)CSC(=S)N(CC)CC.CC(C)N(C(=O)SCC(Cl)=CCl)C(C)C.CC(C)OC(=O)Nc1cccc(Cl)c1.CCCN(CCC)C(=O)SCC.CCN(CC)C(=O)SCc1ccc(Cl)cc1. The first kappa shape index (κ1) is 71.6. The van der Waals surface area contributed by atoms with Gasteiger partial charge in [-0.2, -0.15) is 0 Å². The molecule has 1 N–H and O–H groups in total. The second-order valence-corrected chi connectivity index (χ2v) is 21.9. The minimum Gasteiger partial charge on any atom is -0.447 e. The first-order valence-electron chi connectivity index (χ1n) is 23.0. The maximum Gasteiger partial charge on any atom is 0.411 e. The highest BCUT2D eigenvalue weighted by Crippen LogP contribution is 2.21. The van der Waals surface area contributed by atoms with Gasteiger partial charge in [0.15, 0.2) is 0 Å². The molecule has 0 bridgehead atoms. The third kappa shape index (κ3) is 38.6. The van der Waals surface area contributed by atoms with Gasteiger partial charge < -0.3 is 24.3 Å². The summed E-state index contributed by atoms with van der Waals surface area (Å²) in [5, 5.41) is 5.42. The average molecular weight is 1150 g/mol. The molecule has 0 spiro atoms. The third-order valence-electron chi connectivity index (χ3n) is 8.37. The number of ether oxygens (including phenoxy) is 1. The van der Waals surface area contributed by atoms with Crippen molar-refractivity contribution in [1.82, 2.24) is 19.6 Å². The van der Waals surface area contributed by atoms with E-state index in [1.165, 1.54) is 40.8 Å². The predicted octanol–water partition coefficient (Wildman–Crippen LogP) is 17.7. The Balaban J connectivity index is -0.000000793. The summed E-state index contributed by atoms with van der Waals surface area (Å²) in [4.78, 5) is 53.8. The summed E-state index contributed by atoms with van der Waals surface area (Å²) >= 11 is 38.9. The Morgan fingerprint density at radius 1 is 0.696 bits per heavy atom. The van der Waals surface area contributed by atoms with Crippen molar-refractivity contribution in [3.8, 4) is 0 Å². The second kappa shape index (κ2) is 45.0. The molecule has 20 heteroatoms. The number of anilines is 1. The van der Waals surface area contributed by atoms with Gasteiger partial charge in [0.25, 0.3) is 15.7 Å². The normalized spacial score (nSPS) is 10.5. The van der Waals surface area contributed by atoms with Gasteiger partial charge >= 0.3 is 6.09 Å². The number of amides is 4. The summed E-state index contributed by atoms with van der Waals surface area (Å²) in [5.74, 6) is 2.71. The van der Waals surface area contributed by atoms with Crippen molar-refractivity contribution in [2.24, 2.45) is 0 Å². The Kier molecular flexibility index (Phi) is 46.7. The lowest BCUT2D eigenvalue weighted by Crippen LogP contribution is -2.39. The molecule has 0 atom stereocenters. The molecule has 2 rings (SSSR count). The summed E-state index contributed by atoms with van der Waals surface area (Å²) in [6.45, 7) is 34.8. The van der Waals surface area contributed by atoms with E-state index in [2.05, 4.69) is 44.5 Å². The molecule has 0 aliphatic rings. The number of hydrogen-bond donors (Lipinski definition) is 1. The van der Waals surface area contributed by atoms with Crippen LogP contribution in [-0.2, 0) is 10.5 Å². The maximum atomic E-state index is 11.8. The Hall–Kier alpha value is -1.66. The topological polar surface area (TPSA) is 102 Å². The molecule has 0 radical (unpaired) electrons. The van der Waals surface area contributed by atoms with Crippen molar-refractivity contribution < 1.29 is 23.9 Å². The van der Waals surface area contributed by atoms with Crippen molar-refractivity contribution in [3.05, 3.63) is 86.3 Å². The number of thiocarbonyl (C=S) groups is 1. The summed E-state index contributed by atoms with van der Waals surface area (Å²) < 4.78 is 5.81. The predicted molar refractivity (Wildman–Crippen MR) is 316 cm³/mol. The highest BCUT2D eigenvalue weighted by Gasteiger charge is 2.20. The molecule has 0 unspecified atom stereocenters. The fourth-order valence-electron chi connectivity index (χ4n) is 5.24. The molecule has 10 nitrogen and oxygen atoms in total. The highest BCUT2D eigenvalue weighted by atomic mass is 35.5. The van der Waals surface area contributed by atoms with Crippen LogP contribution in [0.5, 0.6) is 0 Å². The average Bonchev–Trinajstić information content (AvgIpc) is 3.28. The van der Waals surface area contributed by atoms with E-state index in [0.717, 1.165) is 72.8 Å². The van der Waals surface area contributed by atoms with E-state index in [9.17, 15) is 19.2 Å². The number of nitrogens with one attached hydrogen (secondary N) is 1. The van der Waals surface area contributed by atoms with Crippen molar-refractivity contribution in [1.29, 1.82) is 0 Å². The first-order chi connectivity index (χ1) is 32.5. The zero-order chi connectivity index (χ0) is 53.5. The van der Waals surface area contributed by atoms with Gasteiger partial charge in [-0.3, -0.25) is 19.7 Å². The van der Waals surface area contributed by atoms with Crippen LogP contribution in [0.25, 0.3) is 0 Å². The van der Waals surface area contributed by atoms with Gasteiger partial charge in [-0.1, -0.05) is 163 Å². The highest BCUT2D eigenvalue weighted by molar-refractivity contribution is 8.23. The maximum absolute atomic E-state index is 11.8. The standard InChI is InChI=1S/C12H16ClNOS.C10H17Cl2NOS.C10H12ClNO2.C9H19NOS.C8H14ClNS2/c1-3-14(4-2)12(15)16-9-10-5-7-11(13)8-6-10;1-7(2)13(8(3)4)10(14)15-6-9(12)5-11;1-7(2)14-10(13)12-9-5-3-4-8(11)6-9;1-4-7-10(8-5-2)9(11)12-6-3;1-4-10(5-2)8(11)12-6-7(3)9/h5-8H,3-4,9H2,1-2H3;5,7-8H,6H2,1-4H3;3-7H,1-2H3,(H,12,13);4-8H2,1-3H3;3-6H2,1-2H3. The smallest absolute Gasteiger partial charge is 0.411 e. The Morgan fingerprint density at radius 2 is 1.22 bits per heavy atom. The summed E-state index contributed by atoms with van der Waals surface area (Å²) in [6, 6.07) is 14.9.